The molecule has 0 bridgehead atoms. The molecule has 0 aromatic heterocycles. The first-order valence-corrected chi connectivity index (χ1v) is 8.90. The molecular weight excluding hydrogens is 467 g/mol. The second-order valence-electron chi connectivity index (χ2n) is 6.45. The number of nitrogens with zero attached hydrogens (tertiary/aromatic N) is 2. The van der Waals surface area contributed by atoms with E-state index in [0.29, 0.717) is 24.1 Å². The van der Waals surface area contributed by atoms with Crippen molar-refractivity contribution in [2.45, 2.75) is 32.9 Å². The van der Waals surface area contributed by atoms with Gasteiger partial charge in [-0.1, -0.05) is 31.5 Å². The van der Waals surface area contributed by atoms with Crippen molar-refractivity contribution in [1.29, 1.82) is 0 Å². The highest BCUT2D eigenvalue weighted by atomic mass is 127. The van der Waals surface area contributed by atoms with Gasteiger partial charge in [-0.3, -0.25) is 9.79 Å². The summed E-state index contributed by atoms with van der Waals surface area (Å²) in [5.74, 6) is 1.69. The molecule has 6 nitrogen and oxygen atoms in total. The summed E-state index contributed by atoms with van der Waals surface area (Å²) in [6.07, 6.45) is 0.920. The molecule has 1 atom stereocenters. The van der Waals surface area contributed by atoms with Crippen LogP contribution in [0.2, 0.25) is 5.02 Å². The van der Waals surface area contributed by atoms with Gasteiger partial charge in [-0.05, 0) is 18.6 Å². The van der Waals surface area contributed by atoms with Crippen molar-refractivity contribution >= 4 is 47.4 Å². The fraction of sp³-hybridized carbons (Fsp3) is 0.556. The topological polar surface area (TPSA) is 66.0 Å². The van der Waals surface area contributed by atoms with Crippen LogP contribution in [-0.4, -0.2) is 50.1 Å². The van der Waals surface area contributed by atoms with E-state index in [4.69, 9.17) is 16.3 Å². The third-order valence-corrected chi connectivity index (χ3v) is 4.49. The van der Waals surface area contributed by atoms with Crippen LogP contribution in [0.3, 0.4) is 0 Å². The molecule has 26 heavy (non-hydrogen) atoms. The number of benzene rings is 1. The van der Waals surface area contributed by atoms with Crippen LogP contribution in [0.25, 0.3) is 0 Å². The summed E-state index contributed by atoms with van der Waals surface area (Å²) < 4.78 is 5.36. The maximum absolute atomic E-state index is 12.1. The second-order valence-corrected chi connectivity index (χ2v) is 6.89. The molecule has 1 aliphatic heterocycles. The molecule has 1 aromatic carbocycles. The first-order valence-electron chi connectivity index (χ1n) is 8.53. The maximum atomic E-state index is 12.1. The van der Waals surface area contributed by atoms with Crippen LogP contribution in [0, 0.1) is 5.92 Å². The molecule has 0 aliphatic carbocycles. The number of rotatable bonds is 5. The Morgan fingerprint density at radius 2 is 2.19 bits per heavy atom. The van der Waals surface area contributed by atoms with Gasteiger partial charge in [0.25, 0.3) is 0 Å². The first-order chi connectivity index (χ1) is 11.9. The molecule has 1 fully saturated rings. The van der Waals surface area contributed by atoms with Gasteiger partial charge in [0.15, 0.2) is 5.96 Å². The van der Waals surface area contributed by atoms with Crippen molar-refractivity contribution < 1.29 is 9.53 Å². The molecule has 146 valence electrons. The molecule has 1 aromatic rings. The number of hydrogen-bond acceptors (Lipinski definition) is 3. The number of methoxy groups -OCH3 is 1. The Labute approximate surface area is 177 Å². The van der Waals surface area contributed by atoms with E-state index >= 15 is 0 Å². The minimum Gasteiger partial charge on any atom is -0.496 e. The van der Waals surface area contributed by atoms with E-state index < -0.39 is 0 Å². The minimum absolute atomic E-state index is 0. The van der Waals surface area contributed by atoms with Crippen molar-refractivity contribution in [2.24, 2.45) is 10.9 Å². The first kappa shape index (κ1) is 22.8. The predicted molar refractivity (Wildman–Crippen MR) is 117 cm³/mol. The average Bonchev–Trinajstić information content (AvgIpc) is 3.06. The van der Waals surface area contributed by atoms with Crippen molar-refractivity contribution in [3.05, 3.63) is 28.8 Å². The molecule has 0 spiro atoms. The van der Waals surface area contributed by atoms with Gasteiger partial charge in [-0.2, -0.15) is 0 Å². The van der Waals surface area contributed by atoms with Crippen LogP contribution in [-0.2, 0) is 11.3 Å². The number of carbonyl (C=O) groups is 1. The minimum atomic E-state index is 0. The molecule has 0 saturated carbocycles. The summed E-state index contributed by atoms with van der Waals surface area (Å²) in [5.41, 5.74) is 0.998. The van der Waals surface area contributed by atoms with E-state index in [0.717, 1.165) is 24.3 Å². The molecule has 1 amide bonds. The van der Waals surface area contributed by atoms with Gasteiger partial charge in [0, 0.05) is 49.2 Å². The summed E-state index contributed by atoms with van der Waals surface area (Å²) in [6.45, 7) is 5.94. The van der Waals surface area contributed by atoms with E-state index in [9.17, 15) is 4.79 Å². The number of aliphatic imine (C=N–C) groups is 1. The van der Waals surface area contributed by atoms with Crippen molar-refractivity contribution in [1.82, 2.24) is 15.5 Å². The Kier molecular flexibility index (Phi) is 9.49. The molecule has 1 heterocycles. The number of likely N-dealkylation sites (tertiary alicyclic amines) is 1. The van der Waals surface area contributed by atoms with E-state index in [1.54, 1.807) is 20.2 Å². The normalized spacial score (nSPS) is 17.1. The smallest absolute Gasteiger partial charge is 0.225 e. The van der Waals surface area contributed by atoms with Crippen molar-refractivity contribution in [3.8, 4) is 5.75 Å². The Balaban J connectivity index is 0.00000338. The van der Waals surface area contributed by atoms with Gasteiger partial charge in [0.1, 0.15) is 5.75 Å². The summed E-state index contributed by atoms with van der Waals surface area (Å²) in [7, 11) is 3.36. The number of carbonyl (C=O) groups excluding carboxylic acids is 1. The Morgan fingerprint density at radius 1 is 1.46 bits per heavy atom. The molecule has 0 radical (unpaired) electrons. The number of halogens is 2. The molecule has 8 heteroatoms. The van der Waals surface area contributed by atoms with Crippen LogP contribution in [0.5, 0.6) is 5.75 Å². The lowest BCUT2D eigenvalue weighted by molar-refractivity contribution is -0.133. The predicted octanol–water partition coefficient (Wildman–Crippen LogP) is 2.89. The van der Waals surface area contributed by atoms with Crippen LogP contribution in [0.1, 0.15) is 25.8 Å². The van der Waals surface area contributed by atoms with Crippen molar-refractivity contribution in [2.75, 3.05) is 27.2 Å². The van der Waals surface area contributed by atoms with Gasteiger partial charge < -0.3 is 20.3 Å². The highest BCUT2D eigenvalue weighted by molar-refractivity contribution is 14.0. The molecule has 1 saturated heterocycles. The molecule has 2 rings (SSSR count). The van der Waals surface area contributed by atoms with E-state index in [-0.39, 0.29) is 41.8 Å². The maximum Gasteiger partial charge on any atom is 0.225 e. The lowest BCUT2D eigenvalue weighted by Gasteiger charge is -2.20. The summed E-state index contributed by atoms with van der Waals surface area (Å²) in [6, 6.07) is 5.77. The second kappa shape index (κ2) is 10.8. The van der Waals surface area contributed by atoms with Crippen LogP contribution < -0.4 is 15.4 Å². The fourth-order valence-corrected chi connectivity index (χ4v) is 3.04. The molecule has 1 unspecified atom stereocenters. The van der Waals surface area contributed by atoms with E-state index in [2.05, 4.69) is 15.6 Å². The summed E-state index contributed by atoms with van der Waals surface area (Å²) >= 11 is 5.99. The van der Waals surface area contributed by atoms with Gasteiger partial charge in [0.05, 0.1) is 7.11 Å². The largest absolute Gasteiger partial charge is 0.496 e. The van der Waals surface area contributed by atoms with Gasteiger partial charge in [0.2, 0.25) is 5.91 Å². The number of hydrogen-bond donors (Lipinski definition) is 2. The fourth-order valence-electron chi connectivity index (χ4n) is 2.87. The summed E-state index contributed by atoms with van der Waals surface area (Å²) in [5, 5.41) is 7.32. The number of nitrogens with one attached hydrogen (secondary N) is 2. The van der Waals surface area contributed by atoms with Gasteiger partial charge >= 0.3 is 0 Å². The zero-order valence-corrected chi connectivity index (χ0v) is 18.8. The van der Waals surface area contributed by atoms with E-state index in [1.807, 2.05) is 30.9 Å². The van der Waals surface area contributed by atoms with Crippen LogP contribution in [0.15, 0.2) is 23.2 Å². The lowest BCUT2D eigenvalue weighted by Crippen LogP contribution is -2.45. The average molecular weight is 495 g/mol. The van der Waals surface area contributed by atoms with Crippen LogP contribution >= 0.6 is 35.6 Å². The van der Waals surface area contributed by atoms with Gasteiger partial charge in [-0.25, -0.2) is 0 Å². The Bertz CT molecular complexity index is 640. The Hall–Kier alpha value is -1.22. The quantitative estimate of drug-likeness (QED) is 0.375. The van der Waals surface area contributed by atoms with Crippen LogP contribution in [0.4, 0.5) is 0 Å². The molecular formula is C18H28ClIN4O2. The standard InChI is InChI=1S/C18H27ClN4O2.HI/c1-12(2)17(24)23-8-7-15(11-23)22-18(20-3)21-10-13-5-6-14(19)9-16(13)25-4;/h5-6,9,12,15H,7-8,10-11H2,1-4H3,(H2,20,21,22);1H. The number of ether oxygens (including phenoxy) is 1. The summed E-state index contributed by atoms with van der Waals surface area (Å²) in [4.78, 5) is 18.3. The monoisotopic (exact) mass is 494 g/mol. The number of guanidine groups is 1. The van der Waals surface area contributed by atoms with Gasteiger partial charge in [-0.15, -0.1) is 24.0 Å². The number of amides is 1. The highest BCUT2D eigenvalue weighted by Gasteiger charge is 2.27. The Morgan fingerprint density at radius 3 is 2.81 bits per heavy atom. The third kappa shape index (κ3) is 6.19. The molecule has 1 aliphatic rings. The van der Waals surface area contributed by atoms with Crippen molar-refractivity contribution in [3.63, 3.8) is 0 Å². The molecule has 2 N–H and O–H groups in total. The SMILES string of the molecule is CN=C(NCc1ccc(Cl)cc1OC)NC1CCN(C(=O)C(C)C)C1.I. The third-order valence-electron chi connectivity index (χ3n) is 4.25. The zero-order chi connectivity index (χ0) is 18.4. The lowest BCUT2D eigenvalue weighted by atomic mass is 10.2. The highest BCUT2D eigenvalue weighted by Crippen LogP contribution is 2.22. The zero-order valence-electron chi connectivity index (χ0n) is 15.7. The van der Waals surface area contributed by atoms with E-state index in [1.165, 1.54) is 0 Å².